The summed E-state index contributed by atoms with van der Waals surface area (Å²) in [6, 6.07) is 11.3. The van der Waals surface area contributed by atoms with Gasteiger partial charge in [-0.2, -0.15) is 0 Å². The number of hydrogen-bond donors (Lipinski definition) is 1. The van der Waals surface area contributed by atoms with Crippen LogP contribution in [-0.4, -0.2) is 25.1 Å². The number of anilines is 1. The molecule has 26 heavy (non-hydrogen) atoms. The number of carbonyl (C=O) groups is 2. The average Bonchev–Trinajstić information content (AvgIpc) is 3.42. The smallest absolute Gasteiger partial charge is 0.309 e. The summed E-state index contributed by atoms with van der Waals surface area (Å²) < 4.78 is 16.5. The molecule has 1 saturated carbocycles. The molecule has 1 amide bonds. The minimum Gasteiger partial charge on any atom is -0.495 e. The molecule has 1 aromatic heterocycles. The number of esters is 1. The van der Waals surface area contributed by atoms with Crippen LogP contribution in [0.4, 0.5) is 5.69 Å². The molecule has 1 atom stereocenters. The van der Waals surface area contributed by atoms with Gasteiger partial charge in [0.1, 0.15) is 16.9 Å². The van der Waals surface area contributed by atoms with Gasteiger partial charge >= 0.3 is 5.97 Å². The van der Waals surface area contributed by atoms with Crippen LogP contribution in [-0.2, 0) is 14.3 Å². The third-order valence-electron chi connectivity index (χ3n) is 4.53. The quantitative estimate of drug-likeness (QED) is 0.705. The highest BCUT2D eigenvalue weighted by atomic mass is 16.5. The van der Waals surface area contributed by atoms with E-state index in [0.29, 0.717) is 17.0 Å². The number of methoxy groups -OCH3 is 1. The Morgan fingerprint density at radius 1 is 1.15 bits per heavy atom. The van der Waals surface area contributed by atoms with Crippen molar-refractivity contribution in [3.8, 4) is 5.75 Å². The number of rotatable bonds is 5. The molecule has 0 aliphatic heterocycles. The first-order valence-corrected chi connectivity index (χ1v) is 8.57. The lowest BCUT2D eigenvalue weighted by Gasteiger charge is -2.15. The molecule has 6 nitrogen and oxygen atoms in total. The Kier molecular flexibility index (Phi) is 4.03. The highest BCUT2D eigenvalue weighted by molar-refractivity contribution is 6.08. The minimum absolute atomic E-state index is 0.0494. The number of nitrogens with one attached hydrogen (secondary N) is 1. The molecular weight excluding hydrogens is 334 g/mol. The number of fused-ring (bicyclic) bond motifs is 3. The number of benzene rings is 2. The van der Waals surface area contributed by atoms with Crippen LogP contribution in [0.3, 0.4) is 0 Å². The van der Waals surface area contributed by atoms with Gasteiger partial charge in [-0.3, -0.25) is 9.59 Å². The van der Waals surface area contributed by atoms with Gasteiger partial charge in [-0.05, 0) is 31.9 Å². The molecule has 1 aliphatic carbocycles. The van der Waals surface area contributed by atoms with E-state index < -0.39 is 12.0 Å². The molecular formula is C20H19NO5. The summed E-state index contributed by atoms with van der Waals surface area (Å²) >= 11 is 0. The number of hydrogen-bond acceptors (Lipinski definition) is 5. The van der Waals surface area contributed by atoms with E-state index in [9.17, 15) is 9.59 Å². The Hall–Kier alpha value is -3.02. The van der Waals surface area contributed by atoms with E-state index in [0.717, 1.165) is 29.2 Å². The molecule has 0 spiro atoms. The largest absolute Gasteiger partial charge is 0.495 e. The van der Waals surface area contributed by atoms with Crippen molar-refractivity contribution in [1.82, 2.24) is 0 Å². The summed E-state index contributed by atoms with van der Waals surface area (Å²) in [4.78, 5) is 24.1. The van der Waals surface area contributed by atoms with Crippen LogP contribution in [0.25, 0.3) is 21.9 Å². The van der Waals surface area contributed by atoms with Crippen molar-refractivity contribution in [1.29, 1.82) is 0 Å². The van der Waals surface area contributed by atoms with E-state index in [1.54, 1.807) is 13.0 Å². The summed E-state index contributed by atoms with van der Waals surface area (Å²) in [7, 11) is 1.54. The first-order chi connectivity index (χ1) is 12.6. The minimum atomic E-state index is -0.876. The number of para-hydroxylation sites is 1. The van der Waals surface area contributed by atoms with Crippen molar-refractivity contribution in [3.63, 3.8) is 0 Å². The zero-order valence-electron chi connectivity index (χ0n) is 14.6. The average molecular weight is 353 g/mol. The SMILES string of the molecule is COc1cc2c(cc1NC(=O)[C@@H](C)OC(=O)C1CC1)oc1ccccc12. The predicted octanol–water partition coefficient (Wildman–Crippen LogP) is 3.87. The highest BCUT2D eigenvalue weighted by Crippen LogP contribution is 2.36. The fraction of sp³-hybridized carbons (Fsp3) is 0.300. The van der Waals surface area contributed by atoms with Crippen LogP contribution in [0.5, 0.6) is 5.75 Å². The van der Waals surface area contributed by atoms with Crippen molar-refractivity contribution in [2.45, 2.75) is 25.9 Å². The van der Waals surface area contributed by atoms with Gasteiger partial charge < -0.3 is 19.2 Å². The Bertz CT molecular complexity index is 1000. The zero-order valence-corrected chi connectivity index (χ0v) is 14.6. The topological polar surface area (TPSA) is 77.8 Å². The Labute approximate surface area is 150 Å². The summed E-state index contributed by atoms with van der Waals surface area (Å²) in [6.45, 7) is 1.56. The van der Waals surface area contributed by atoms with Crippen LogP contribution in [0.2, 0.25) is 0 Å². The summed E-state index contributed by atoms with van der Waals surface area (Å²) in [5.41, 5.74) is 1.88. The number of furan rings is 1. The molecule has 1 aliphatic rings. The van der Waals surface area contributed by atoms with Crippen LogP contribution < -0.4 is 10.1 Å². The van der Waals surface area contributed by atoms with Gasteiger partial charge in [0, 0.05) is 16.8 Å². The number of carbonyl (C=O) groups excluding carboxylic acids is 2. The van der Waals surface area contributed by atoms with Gasteiger partial charge in [-0.1, -0.05) is 18.2 Å². The van der Waals surface area contributed by atoms with Crippen molar-refractivity contribution in [3.05, 3.63) is 36.4 Å². The molecule has 1 N–H and O–H groups in total. The van der Waals surface area contributed by atoms with E-state index in [2.05, 4.69) is 5.32 Å². The molecule has 134 valence electrons. The van der Waals surface area contributed by atoms with Gasteiger partial charge in [0.05, 0.1) is 18.7 Å². The maximum absolute atomic E-state index is 12.4. The molecule has 6 heteroatoms. The van der Waals surface area contributed by atoms with Crippen molar-refractivity contribution in [2.75, 3.05) is 12.4 Å². The van der Waals surface area contributed by atoms with Gasteiger partial charge in [0.2, 0.25) is 0 Å². The molecule has 4 rings (SSSR count). The van der Waals surface area contributed by atoms with E-state index in [-0.39, 0.29) is 11.9 Å². The van der Waals surface area contributed by atoms with E-state index in [1.807, 2.05) is 30.3 Å². The zero-order chi connectivity index (χ0) is 18.3. The molecule has 1 fully saturated rings. The molecule has 0 radical (unpaired) electrons. The van der Waals surface area contributed by atoms with Crippen molar-refractivity contribution < 1.29 is 23.5 Å². The van der Waals surface area contributed by atoms with Crippen LogP contribution in [0.15, 0.2) is 40.8 Å². The first-order valence-electron chi connectivity index (χ1n) is 8.57. The van der Waals surface area contributed by atoms with Gasteiger partial charge in [-0.25, -0.2) is 0 Å². The van der Waals surface area contributed by atoms with E-state index in [1.165, 1.54) is 7.11 Å². The van der Waals surface area contributed by atoms with Crippen molar-refractivity contribution >= 4 is 39.5 Å². The Morgan fingerprint density at radius 3 is 2.65 bits per heavy atom. The summed E-state index contributed by atoms with van der Waals surface area (Å²) in [5.74, 6) is -0.259. The fourth-order valence-electron chi connectivity index (χ4n) is 2.90. The summed E-state index contributed by atoms with van der Waals surface area (Å²) in [6.07, 6.45) is 0.798. The predicted molar refractivity (Wildman–Crippen MR) is 97.2 cm³/mol. The lowest BCUT2D eigenvalue weighted by Crippen LogP contribution is -2.30. The van der Waals surface area contributed by atoms with Crippen LogP contribution >= 0.6 is 0 Å². The number of amides is 1. The third kappa shape index (κ3) is 2.98. The van der Waals surface area contributed by atoms with Gasteiger partial charge in [0.25, 0.3) is 5.91 Å². The third-order valence-corrected chi connectivity index (χ3v) is 4.53. The second-order valence-electron chi connectivity index (χ2n) is 6.49. The molecule has 2 aromatic carbocycles. The van der Waals surface area contributed by atoms with Crippen molar-refractivity contribution in [2.24, 2.45) is 5.92 Å². The van der Waals surface area contributed by atoms with Gasteiger partial charge in [0.15, 0.2) is 6.10 Å². The van der Waals surface area contributed by atoms with Crippen LogP contribution in [0.1, 0.15) is 19.8 Å². The van der Waals surface area contributed by atoms with Gasteiger partial charge in [-0.15, -0.1) is 0 Å². The van der Waals surface area contributed by atoms with Crippen LogP contribution in [0, 0.1) is 5.92 Å². The summed E-state index contributed by atoms with van der Waals surface area (Å²) in [5, 5.41) is 4.64. The molecule has 0 saturated heterocycles. The number of ether oxygens (including phenoxy) is 2. The monoisotopic (exact) mass is 353 g/mol. The highest BCUT2D eigenvalue weighted by Gasteiger charge is 2.33. The normalized spacial score (nSPS) is 15.0. The maximum Gasteiger partial charge on any atom is 0.309 e. The fourth-order valence-corrected chi connectivity index (χ4v) is 2.90. The maximum atomic E-state index is 12.4. The lowest BCUT2D eigenvalue weighted by molar-refractivity contribution is -0.154. The standard InChI is InChI=1S/C20H19NO5/c1-11(25-20(23)12-7-8-12)19(22)21-15-10-17-14(9-18(15)24-2)13-5-3-4-6-16(13)26-17/h3-6,9-12H,7-8H2,1-2H3,(H,21,22)/t11-/m1/s1. The second-order valence-corrected chi connectivity index (χ2v) is 6.49. The molecule has 0 unspecified atom stereocenters. The second kappa shape index (κ2) is 6.37. The van der Waals surface area contributed by atoms with E-state index >= 15 is 0 Å². The molecule has 1 heterocycles. The first kappa shape index (κ1) is 16.4. The Morgan fingerprint density at radius 2 is 1.92 bits per heavy atom. The molecule has 0 bridgehead atoms. The van der Waals surface area contributed by atoms with E-state index in [4.69, 9.17) is 13.9 Å². The molecule has 3 aromatic rings. The Balaban J connectivity index is 1.61. The lowest BCUT2D eigenvalue weighted by atomic mass is 10.1.